The van der Waals surface area contributed by atoms with E-state index in [9.17, 15) is 10.4 Å². The Hall–Kier alpha value is -1.86. The Morgan fingerprint density at radius 2 is 2.06 bits per heavy atom. The normalized spacial score (nSPS) is 31.6. The van der Waals surface area contributed by atoms with E-state index in [1.807, 2.05) is 0 Å². The van der Waals surface area contributed by atoms with E-state index in [4.69, 9.17) is 5.73 Å². The van der Waals surface area contributed by atoms with E-state index in [0.717, 1.165) is 5.69 Å². The van der Waals surface area contributed by atoms with Crippen molar-refractivity contribution in [1.29, 1.82) is 5.26 Å². The molecule has 4 nitrogen and oxygen atoms in total. The Morgan fingerprint density at radius 3 is 2.50 bits per heavy atom. The van der Waals surface area contributed by atoms with E-state index in [2.05, 4.69) is 17.6 Å². The van der Waals surface area contributed by atoms with Crippen LogP contribution in [0.5, 0.6) is 0 Å². The zero-order chi connectivity index (χ0) is 13.2. The second kappa shape index (κ2) is 4.43. The van der Waals surface area contributed by atoms with Crippen LogP contribution in [-0.2, 0) is 5.41 Å². The predicted molar refractivity (Wildman–Crippen MR) is 69.6 cm³/mol. The molecule has 0 atom stereocenters. The average Bonchev–Trinajstić information content (AvgIpc) is 2.41. The number of nitrogens with zero attached hydrogens (tertiary/aromatic N) is 2. The van der Waals surface area contributed by atoms with Gasteiger partial charge in [0.15, 0.2) is 0 Å². The summed E-state index contributed by atoms with van der Waals surface area (Å²) in [5.41, 5.74) is 5.49. The summed E-state index contributed by atoms with van der Waals surface area (Å²) in [6, 6.07) is 5.93. The maximum atomic E-state index is 10.1. The van der Waals surface area contributed by atoms with Crippen LogP contribution in [0, 0.1) is 11.3 Å². The van der Waals surface area contributed by atoms with Crippen LogP contribution in [0.1, 0.15) is 31.4 Å². The predicted octanol–water partition coefficient (Wildman–Crippen LogP) is 1.92. The van der Waals surface area contributed by atoms with Crippen molar-refractivity contribution in [2.75, 3.05) is 5.73 Å². The van der Waals surface area contributed by atoms with Crippen LogP contribution in [0.4, 0.5) is 5.69 Å². The number of pyridine rings is 1. The molecular weight excluding hydrogens is 226 g/mol. The van der Waals surface area contributed by atoms with Crippen molar-refractivity contribution in [1.82, 2.24) is 4.98 Å². The molecule has 0 spiro atoms. The summed E-state index contributed by atoms with van der Waals surface area (Å²) in [4.78, 5) is 4.26. The molecule has 1 fully saturated rings. The van der Waals surface area contributed by atoms with Gasteiger partial charge in [-0.15, -0.1) is 6.58 Å². The van der Waals surface area contributed by atoms with Crippen molar-refractivity contribution in [3.05, 3.63) is 36.7 Å². The molecule has 4 heteroatoms. The van der Waals surface area contributed by atoms with E-state index in [1.54, 1.807) is 24.4 Å². The smallest absolute Gasteiger partial charge is 0.0995 e. The molecule has 1 aliphatic carbocycles. The standard InChI is InChI=1S/C14H17N3O/c1-2-14(18)7-5-13(10-15,6-8-14)12-4-3-11(16)9-17-12/h2-4,9,18H,1,5-8,16H2. The fourth-order valence-electron chi connectivity index (χ4n) is 2.43. The molecule has 1 saturated carbocycles. The maximum absolute atomic E-state index is 10.1. The van der Waals surface area contributed by atoms with Gasteiger partial charge in [0.2, 0.25) is 0 Å². The average molecular weight is 243 g/mol. The van der Waals surface area contributed by atoms with Crippen molar-refractivity contribution in [2.24, 2.45) is 0 Å². The molecule has 0 aromatic carbocycles. The Bertz CT molecular complexity index is 479. The zero-order valence-electron chi connectivity index (χ0n) is 10.3. The van der Waals surface area contributed by atoms with Crippen LogP contribution >= 0.6 is 0 Å². The largest absolute Gasteiger partial charge is 0.397 e. The lowest BCUT2D eigenvalue weighted by Crippen LogP contribution is -2.39. The topological polar surface area (TPSA) is 82.9 Å². The summed E-state index contributed by atoms with van der Waals surface area (Å²) >= 11 is 0. The first-order chi connectivity index (χ1) is 8.53. The molecule has 0 radical (unpaired) electrons. The Kier molecular flexibility index (Phi) is 3.10. The summed E-state index contributed by atoms with van der Waals surface area (Å²) in [7, 11) is 0. The molecule has 1 aromatic heterocycles. The summed E-state index contributed by atoms with van der Waals surface area (Å²) < 4.78 is 0. The third kappa shape index (κ3) is 2.09. The highest BCUT2D eigenvalue weighted by Gasteiger charge is 2.42. The van der Waals surface area contributed by atoms with Gasteiger partial charge < -0.3 is 10.8 Å². The molecule has 18 heavy (non-hydrogen) atoms. The third-order valence-electron chi connectivity index (χ3n) is 3.84. The van der Waals surface area contributed by atoms with E-state index < -0.39 is 11.0 Å². The zero-order valence-corrected chi connectivity index (χ0v) is 10.3. The van der Waals surface area contributed by atoms with Gasteiger partial charge in [0.25, 0.3) is 0 Å². The van der Waals surface area contributed by atoms with Gasteiger partial charge in [-0.25, -0.2) is 0 Å². The van der Waals surface area contributed by atoms with Crippen LogP contribution in [0.3, 0.4) is 0 Å². The third-order valence-corrected chi connectivity index (χ3v) is 3.84. The monoisotopic (exact) mass is 243 g/mol. The highest BCUT2D eigenvalue weighted by molar-refractivity contribution is 5.38. The van der Waals surface area contributed by atoms with Gasteiger partial charge in [-0.05, 0) is 37.8 Å². The van der Waals surface area contributed by atoms with Gasteiger partial charge in [0.05, 0.1) is 34.7 Å². The second-order valence-corrected chi connectivity index (χ2v) is 4.98. The number of rotatable bonds is 2. The summed E-state index contributed by atoms with van der Waals surface area (Å²) in [6.45, 7) is 3.65. The Balaban J connectivity index is 2.27. The molecule has 0 bridgehead atoms. The van der Waals surface area contributed by atoms with Crippen molar-refractivity contribution in [2.45, 2.75) is 36.7 Å². The van der Waals surface area contributed by atoms with E-state index in [0.29, 0.717) is 31.4 Å². The maximum Gasteiger partial charge on any atom is 0.0995 e. The number of nitrogen functional groups attached to an aromatic ring is 1. The van der Waals surface area contributed by atoms with Crippen LogP contribution in [0.25, 0.3) is 0 Å². The minimum atomic E-state index is -0.839. The lowest BCUT2D eigenvalue weighted by atomic mass is 9.67. The number of aliphatic hydroxyl groups is 1. The number of nitrogens with two attached hydrogens (primary N) is 1. The first-order valence-corrected chi connectivity index (χ1v) is 6.03. The molecule has 0 unspecified atom stereocenters. The molecule has 1 heterocycles. The quantitative estimate of drug-likeness (QED) is 0.777. The molecule has 1 aromatic rings. The fraction of sp³-hybridized carbons (Fsp3) is 0.429. The highest BCUT2D eigenvalue weighted by atomic mass is 16.3. The molecule has 0 aliphatic heterocycles. The highest BCUT2D eigenvalue weighted by Crippen LogP contribution is 2.42. The van der Waals surface area contributed by atoms with Crippen LogP contribution < -0.4 is 5.73 Å². The fourth-order valence-corrected chi connectivity index (χ4v) is 2.43. The van der Waals surface area contributed by atoms with Crippen molar-refractivity contribution < 1.29 is 5.11 Å². The van der Waals surface area contributed by atoms with Crippen molar-refractivity contribution in [3.63, 3.8) is 0 Å². The number of nitriles is 1. The van der Waals surface area contributed by atoms with Gasteiger partial charge in [0.1, 0.15) is 0 Å². The van der Waals surface area contributed by atoms with E-state index in [1.165, 1.54) is 0 Å². The lowest BCUT2D eigenvalue weighted by molar-refractivity contribution is 0.0355. The molecule has 0 saturated heterocycles. The molecular formula is C14H17N3O. The van der Waals surface area contributed by atoms with E-state index >= 15 is 0 Å². The number of hydrogen-bond donors (Lipinski definition) is 2. The van der Waals surface area contributed by atoms with Crippen LogP contribution in [0.2, 0.25) is 0 Å². The minimum Gasteiger partial charge on any atom is -0.397 e. The van der Waals surface area contributed by atoms with Crippen LogP contribution in [0.15, 0.2) is 31.0 Å². The van der Waals surface area contributed by atoms with Gasteiger partial charge in [0, 0.05) is 0 Å². The first kappa shape index (κ1) is 12.6. The molecule has 3 N–H and O–H groups in total. The lowest BCUT2D eigenvalue weighted by Gasteiger charge is -2.38. The Labute approximate surface area is 107 Å². The van der Waals surface area contributed by atoms with Gasteiger partial charge in [-0.2, -0.15) is 5.26 Å². The van der Waals surface area contributed by atoms with Crippen molar-refractivity contribution >= 4 is 5.69 Å². The van der Waals surface area contributed by atoms with E-state index in [-0.39, 0.29) is 0 Å². The molecule has 0 amide bonds. The van der Waals surface area contributed by atoms with Gasteiger partial charge in [-0.3, -0.25) is 4.98 Å². The molecule has 94 valence electrons. The molecule has 2 rings (SSSR count). The van der Waals surface area contributed by atoms with Gasteiger partial charge in [-0.1, -0.05) is 6.08 Å². The molecule has 1 aliphatic rings. The van der Waals surface area contributed by atoms with Gasteiger partial charge >= 0.3 is 0 Å². The second-order valence-electron chi connectivity index (χ2n) is 4.98. The minimum absolute atomic E-state index is 0.538. The summed E-state index contributed by atoms with van der Waals surface area (Å²) in [5.74, 6) is 0. The number of hydrogen-bond acceptors (Lipinski definition) is 4. The van der Waals surface area contributed by atoms with Crippen LogP contribution in [-0.4, -0.2) is 15.7 Å². The number of anilines is 1. The first-order valence-electron chi connectivity index (χ1n) is 6.03. The Morgan fingerprint density at radius 1 is 1.39 bits per heavy atom. The number of aromatic nitrogens is 1. The summed E-state index contributed by atoms with van der Waals surface area (Å²) in [6.07, 6.45) is 5.39. The SMILES string of the molecule is C=CC1(O)CCC(C#N)(c2ccc(N)cn2)CC1. The summed E-state index contributed by atoms with van der Waals surface area (Å²) in [5, 5.41) is 19.6. The van der Waals surface area contributed by atoms with Crippen molar-refractivity contribution in [3.8, 4) is 6.07 Å².